The first kappa shape index (κ1) is 16.0. The summed E-state index contributed by atoms with van der Waals surface area (Å²) in [6.07, 6.45) is 3.91. The number of hydrogen-bond acceptors (Lipinski definition) is 3. The van der Waals surface area contributed by atoms with Gasteiger partial charge in [0.15, 0.2) is 0 Å². The van der Waals surface area contributed by atoms with E-state index in [9.17, 15) is 4.79 Å². The normalized spacial score (nSPS) is 17.0. The number of carboxylic acids is 1. The highest BCUT2D eigenvalue weighted by Gasteiger charge is 2.39. The molecule has 0 radical (unpaired) electrons. The lowest BCUT2D eigenvalue weighted by Crippen LogP contribution is -2.56. The van der Waals surface area contributed by atoms with Gasteiger partial charge in [0.25, 0.3) is 0 Å². The summed E-state index contributed by atoms with van der Waals surface area (Å²) in [5.41, 5.74) is 2.34. The molecule has 21 heavy (non-hydrogen) atoms. The fourth-order valence-corrected chi connectivity index (χ4v) is 3.23. The highest BCUT2D eigenvalue weighted by Crippen LogP contribution is 2.36. The number of benzene rings is 1. The van der Waals surface area contributed by atoms with Crippen molar-refractivity contribution in [2.45, 2.75) is 37.8 Å². The highest BCUT2D eigenvalue weighted by atomic mass is 16.4. The van der Waals surface area contributed by atoms with Gasteiger partial charge in [-0.05, 0) is 51.5 Å². The van der Waals surface area contributed by atoms with E-state index >= 15 is 0 Å². The maximum absolute atomic E-state index is 11.0. The maximum Gasteiger partial charge on any atom is 0.307 e. The molecule has 4 nitrogen and oxygen atoms in total. The second-order valence-electron chi connectivity index (χ2n) is 6.48. The van der Waals surface area contributed by atoms with Crippen LogP contribution in [0.15, 0.2) is 24.3 Å². The van der Waals surface area contributed by atoms with Gasteiger partial charge in [-0.2, -0.15) is 0 Å². The van der Waals surface area contributed by atoms with Crippen LogP contribution in [-0.4, -0.2) is 54.1 Å². The Morgan fingerprint density at radius 1 is 1.19 bits per heavy atom. The molecule has 0 saturated heterocycles. The van der Waals surface area contributed by atoms with Crippen molar-refractivity contribution >= 4 is 5.97 Å². The Bertz CT molecular complexity index is 495. The molecule has 2 rings (SSSR count). The zero-order chi connectivity index (χ0) is 15.5. The molecule has 1 aliphatic carbocycles. The molecule has 116 valence electrons. The molecule has 1 aromatic rings. The molecule has 0 bridgehead atoms. The third-order valence-corrected chi connectivity index (χ3v) is 4.70. The summed E-state index contributed by atoms with van der Waals surface area (Å²) < 4.78 is 0. The van der Waals surface area contributed by atoms with Crippen molar-refractivity contribution in [1.29, 1.82) is 0 Å². The Balaban J connectivity index is 2.02. The summed E-state index contributed by atoms with van der Waals surface area (Å²) in [4.78, 5) is 15.6. The first-order valence-corrected chi connectivity index (χ1v) is 7.57. The van der Waals surface area contributed by atoms with Crippen LogP contribution in [0, 0.1) is 0 Å². The Kier molecular flexibility index (Phi) is 5.01. The van der Waals surface area contributed by atoms with E-state index in [2.05, 4.69) is 30.9 Å². The summed E-state index contributed by atoms with van der Waals surface area (Å²) in [6.45, 7) is 1.83. The number of nitrogens with zero attached hydrogens (tertiary/aromatic N) is 2. The number of carboxylic acid groups (broad SMARTS) is 1. The van der Waals surface area contributed by atoms with Gasteiger partial charge in [-0.25, -0.2) is 0 Å². The molecule has 0 aromatic heterocycles. The summed E-state index contributed by atoms with van der Waals surface area (Å²) in [5.74, 6) is -0.770. The van der Waals surface area contributed by atoms with Crippen molar-refractivity contribution in [3.05, 3.63) is 35.4 Å². The molecule has 1 N–H and O–H groups in total. The molecular formula is C17H26N2O2. The molecule has 1 saturated carbocycles. The molecule has 1 fully saturated rings. The van der Waals surface area contributed by atoms with Gasteiger partial charge in [0.05, 0.1) is 6.42 Å². The van der Waals surface area contributed by atoms with Crippen molar-refractivity contribution in [2.24, 2.45) is 0 Å². The Morgan fingerprint density at radius 2 is 1.81 bits per heavy atom. The van der Waals surface area contributed by atoms with E-state index in [0.29, 0.717) is 5.54 Å². The van der Waals surface area contributed by atoms with Gasteiger partial charge in [-0.15, -0.1) is 0 Å². The number of rotatable bonds is 7. The fraction of sp³-hybridized carbons (Fsp3) is 0.588. The lowest BCUT2D eigenvalue weighted by molar-refractivity contribution is -0.136. The Hall–Kier alpha value is -1.39. The first-order valence-electron chi connectivity index (χ1n) is 7.57. The van der Waals surface area contributed by atoms with Crippen LogP contribution in [0.5, 0.6) is 0 Å². The predicted octanol–water partition coefficient (Wildman–Crippen LogP) is 2.23. The van der Waals surface area contributed by atoms with Gasteiger partial charge in [-0.3, -0.25) is 4.79 Å². The fourth-order valence-electron chi connectivity index (χ4n) is 3.23. The predicted molar refractivity (Wildman–Crippen MR) is 84.4 cm³/mol. The van der Waals surface area contributed by atoms with E-state index in [1.807, 2.05) is 24.3 Å². The average molecular weight is 290 g/mol. The van der Waals surface area contributed by atoms with E-state index in [1.165, 1.54) is 19.3 Å². The standard InChI is InChI=1S/C17H26N2O2/c1-18(2)17(9-6-10-17)13-19(3)12-15-8-5-4-7-14(15)11-16(20)21/h4-5,7-8H,6,9-13H2,1-3H3,(H,20,21). The minimum absolute atomic E-state index is 0.100. The van der Waals surface area contributed by atoms with Crippen molar-refractivity contribution in [3.63, 3.8) is 0 Å². The lowest BCUT2D eigenvalue weighted by atomic mass is 9.75. The summed E-state index contributed by atoms with van der Waals surface area (Å²) in [7, 11) is 6.44. The Labute approximate surface area is 127 Å². The van der Waals surface area contributed by atoms with Gasteiger partial charge < -0.3 is 14.9 Å². The van der Waals surface area contributed by atoms with Crippen molar-refractivity contribution < 1.29 is 9.90 Å². The molecule has 0 atom stereocenters. The summed E-state index contributed by atoms with van der Waals surface area (Å²) in [6, 6.07) is 7.86. The molecule has 1 aromatic carbocycles. The van der Waals surface area contributed by atoms with Gasteiger partial charge in [0, 0.05) is 18.6 Å². The molecular weight excluding hydrogens is 264 g/mol. The van der Waals surface area contributed by atoms with Crippen molar-refractivity contribution in [3.8, 4) is 0 Å². The van der Waals surface area contributed by atoms with Crippen LogP contribution >= 0.6 is 0 Å². The van der Waals surface area contributed by atoms with E-state index in [-0.39, 0.29) is 6.42 Å². The second kappa shape index (κ2) is 6.58. The average Bonchev–Trinajstić information content (AvgIpc) is 2.35. The summed E-state index contributed by atoms with van der Waals surface area (Å²) in [5, 5.41) is 9.01. The molecule has 0 unspecified atom stereocenters. The minimum atomic E-state index is -0.770. The van der Waals surface area contributed by atoms with E-state index < -0.39 is 5.97 Å². The molecule has 0 amide bonds. The van der Waals surface area contributed by atoms with Crippen LogP contribution in [0.2, 0.25) is 0 Å². The number of likely N-dealkylation sites (N-methyl/N-ethyl adjacent to an activating group) is 2. The van der Waals surface area contributed by atoms with Gasteiger partial charge >= 0.3 is 5.97 Å². The number of carbonyl (C=O) groups is 1. The van der Waals surface area contributed by atoms with Crippen molar-refractivity contribution in [1.82, 2.24) is 9.80 Å². The van der Waals surface area contributed by atoms with E-state index in [4.69, 9.17) is 5.11 Å². The van der Waals surface area contributed by atoms with Crippen LogP contribution in [0.1, 0.15) is 30.4 Å². The SMILES string of the molecule is CN(Cc1ccccc1CC(=O)O)CC1(N(C)C)CCC1. The molecule has 4 heteroatoms. The minimum Gasteiger partial charge on any atom is -0.481 e. The largest absolute Gasteiger partial charge is 0.481 e. The quantitative estimate of drug-likeness (QED) is 0.836. The van der Waals surface area contributed by atoms with E-state index in [0.717, 1.165) is 24.2 Å². The molecule has 1 aliphatic rings. The Morgan fingerprint density at radius 3 is 2.29 bits per heavy atom. The summed E-state index contributed by atoms with van der Waals surface area (Å²) >= 11 is 0. The molecule has 0 aliphatic heterocycles. The lowest BCUT2D eigenvalue weighted by Gasteiger charge is -2.49. The van der Waals surface area contributed by atoms with Crippen LogP contribution in [0.3, 0.4) is 0 Å². The second-order valence-corrected chi connectivity index (χ2v) is 6.48. The van der Waals surface area contributed by atoms with Crippen molar-refractivity contribution in [2.75, 3.05) is 27.7 Å². The molecule has 0 heterocycles. The van der Waals surface area contributed by atoms with E-state index in [1.54, 1.807) is 0 Å². The van der Waals surface area contributed by atoms with Crippen LogP contribution < -0.4 is 0 Å². The maximum atomic E-state index is 11.0. The van der Waals surface area contributed by atoms with Gasteiger partial charge in [-0.1, -0.05) is 24.3 Å². The molecule has 0 spiro atoms. The van der Waals surface area contributed by atoms with Crippen LogP contribution in [-0.2, 0) is 17.8 Å². The van der Waals surface area contributed by atoms with Crippen LogP contribution in [0.25, 0.3) is 0 Å². The first-order chi connectivity index (χ1) is 9.93. The zero-order valence-corrected chi connectivity index (χ0v) is 13.3. The third kappa shape index (κ3) is 3.83. The topological polar surface area (TPSA) is 43.8 Å². The number of hydrogen-bond donors (Lipinski definition) is 1. The zero-order valence-electron chi connectivity index (χ0n) is 13.3. The smallest absolute Gasteiger partial charge is 0.307 e. The van der Waals surface area contributed by atoms with Gasteiger partial charge in [0.2, 0.25) is 0 Å². The third-order valence-electron chi connectivity index (χ3n) is 4.70. The monoisotopic (exact) mass is 290 g/mol. The van der Waals surface area contributed by atoms with Gasteiger partial charge in [0.1, 0.15) is 0 Å². The highest BCUT2D eigenvalue weighted by molar-refractivity contribution is 5.70. The van der Waals surface area contributed by atoms with Crippen LogP contribution in [0.4, 0.5) is 0 Å². The number of aliphatic carboxylic acids is 1.